The average Bonchev–Trinajstić information content (AvgIpc) is 2.54. The molecule has 2 rings (SSSR count). The normalized spacial score (nSPS) is 17.8. The summed E-state index contributed by atoms with van der Waals surface area (Å²) < 4.78 is 0. The van der Waals surface area contributed by atoms with Gasteiger partial charge in [0.05, 0.1) is 11.3 Å². The van der Waals surface area contributed by atoms with Crippen molar-refractivity contribution in [3.8, 4) is 0 Å². The molecule has 1 N–H and O–H groups in total. The number of hydrogen-bond donors (Lipinski definition) is 1. The number of hydrogen-bond acceptors (Lipinski definition) is 3. The quantitative estimate of drug-likeness (QED) is 0.812. The molecule has 0 unspecified atom stereocenters. The van der Waals surface area contributed by atoms with Crippen LogP contribution < -0.4 is 4.90 Å². The van der Waals surface area contributed by atoms with Crippen molar-refractivity contribution >= 4 is 23.4 Å². The number of piperidine rings is 1. The molecule has 0 spiro atoms. The van der Waals surface area contributed by atoms with Crippen LogP contribution in [0.15, 0.2) is 23.1 Å². The van der Waals surface area contributed by atoms with E-state index in [1.54, 1.807) is 0 Å². The van der Waals surface area contributed by atoms with Crippen molar-refractivity contribution in [2.45, 2.75) is 44.4 Å². The Labute approximate surface area is 131 Å². The minimum absolute atomic E-state index is 0.455. The van der Waals surface area contributed by atoms with Crippen LogP contribution in [-0.2, 0) is 0 Å². The smallest absolute Gasteiger partial charge is 0.338 e. The van der Waals surface area contributed by atoms with Gasteiger partial charge in [0, 0.05) is 18.0 Å². The van der Waals surface area contributed by atoms with Crippen LogP contribution in [0, 0.1) is 5.41 Å². The van der Waals surface area contributed by atoms with E-state index in [2.05, 4.69) is 18.7 Å². The Balaban J connectivity index is 2.26. The second-order valence-corrected chi connectivity index (χ2v) is 6.70. The van der Waals surface area contributed by atoms with E-state index < -0.39 is 5.97 Å². The van der Waals surface area contributed by atoms with E-state index in [-0.39, 0.29) is 0 Å². The minimum Gasteiger partial charge on any atom is -0.478 e. The summed E-state index contributed by atoms with van der Waals surface area (Å²) in [4.78, 5) is 14.8. The number of benzene rings is 1. The Kier molecular flexibility index (Phi) is 5.20. The summed E-state index contributed by atoms with van der Waals surface area (Å²) in [5, 5.41) is 9.56. The topological polar surface area (TPSA) is 40.5 Å². The van der Waals surface area contributed by atoms with E-state index >= 15 is 0 Å². The van der Waals surface area contributed by atoms with Crippen LogP contribution in [0.5, 0.6) is 0 Å². The largest absolute Gasteiger partial charge is 0.478 e. The molecule has 4 heteroatoms. The molecule has 1 aliphatic heterocycles. The fraction of sp³-hybridized carbons (Fsp3) is 0.588. The number of carboxylic acids is 1. The van der Waals surface area contributed by atoms with Gasteiger partial charge in [-0.1, -0.05) is 32.8 Å². The first-order valence-corrected chi connectivity index (χ1v) is 8.94. The van der Waals surface area contributed by atoms with Gasteiger partial charge in [-0.2, -0.15) is 0 Å². The number of carbonyl (C=O) groups is 1. The molecule has 1 heterocycles. The molecule has 1 saturated heterocycles. The van der Waals surface area contributed by atoms with Crippen molar-refractivity contribution in [3.63, 3.8) is 0 Å². The van der Waals surface area contributed by atoms with E-state index in [0.717, 1.165) is 36.5 Å². The lowest BCUT2D eigenvalue weighted by molar-refractivity contribution is 0.0693. The fourth-order valence-corrected chi connectivity index (χ4v) is 3.96. The predicted octanol–water partition coefficient (Wildman–Crippen LogP) is 4.51. The highest BCUT2D eigenvalue weighted by Gasteiger charge is 2.32. The molecule has 0 bridgehead atoms. The molecule has 1 aliphatic rings. The zero-order chi connectivity index (χ0) is 15.5. The van der Waals surface area contributed by atoms with E-state index in [4.69, 9.17) is 0 Å². The number of rotatable bonds is 5. The van der Waals surface area contributed by atoms with Gasteiger partial charge in [0.1, 0.15) is 0 Å². The first-order chi connectivity index (χ1) is 10.1. The third-order valence-electron chi connectivity index (χ3n) is 5.10. The molecule has 0 radical (unpaired) electrons. The van der Waals surface area contributed by atoms with E-state index in [1.807, 2.05) is 24.5 Å². The van der Waals surface area contributed by atoms with Crippen LogP contribution in [0.2, 0.25) is 0 Å². The van der Waals surface area contributed by atoms with Gasteiger partial charge in [-0.05, 0) is 36.6 Å². The maximum absolute atomic E-state index is 11.6. The SMILES string of the molecule is CCC1(CC)CCN(c2cccc(SC)c2C(=O)O)CC1. The molecule has 1 aromatic rings. The Bertz CT molecular complexity index is 502. The number of aromatic carboxylic acids is 1. The second-order valence-electron chi connectivity index (χ2n) is 5.85. The average molecular weight is 307 g/mol. The minimum atomic E-state index is -0.822. The molecule has 3 nitrogen and oxygen atoms in total. The molecule has 0 aliphatic carbocycles. The molecule has 0 saturated carbocycles. The maximum atomic E-state index is 11.6. The van der Waals surface area contributed by atoms with E-state index in [1.165, 1.54) is 24.6 Å². The Hall–Kier alpha value is -1.16. The van der Waals surface area contributed by atoms with Gasteiger partial charge < -0.3 is 10.0 Å². The Morgan fingerprint density at radius 1 is 1.29 bits per heavy atom. The number of thioether (sulfide) groups is 1. The molecule has 0 amide bonds. The van der Waals surface area contributed by atoms with Crippen LogP contribution in [0.1, 0.15) is 49.9 Å². The molecular weight excluding hydrogens is 282 g/mol. The summed E-state index contributed by atoms with van der Waals surface area (Å²) in [7, 11) is 0. The van der Waals surface area contributed by atoms with Crippen LogP contribution in [0.3, 0.4) is 0 Å². The van der Waals surface area contributed by atoms with Gasteiger partial charge in [0.2, 0.25) is 0 Å². The lowest BCUT2D eigenvalue weighted by Gasteiger charge is -2.42. The molecule has 0 aromatic heterocycles. The van der Waals surface area contributed by atoms with Crippen LogP contribution in [0.4, 0.5) is 5.69 Å². The van der Waals surface area contributed by atoms with Gasteiger partial charge in [-0.25, -0.2) is 4.79 Å². The van der Waals surface area contributed by atoms with E-state index in [0.29, 0.717) is 11.0 Å². The first-order valence-electron chi connectivity index (χ1n) is 7.72. The lowest BCUT2D eigenvalue weighted by Crippen LogP contribution is -2.40. The van der Waals surface area contributed by atoms with Crippen molar-refractivity contribution in [1.29, 1.82) is 0 Å². The third-order valence-corrected chi connectivity index (χ3v) is 5.88. The second kappa shape index (κ2) is 6.73. The number of nitrogens with zero attached hydrogens (tertiary/aromatic N) is 1. The summed E-state index contributed by atoms with van der Waals surface area (Å²) in [6.45, 7) is 6.46. The zero-order valence-electron chi connectivity index (χ0n) is 13.2. The maximum Gasteiger partial charge on any atom is 0.338 e. The van der Waals surface area contributed by atoms with Crippen LogP contribution in [-0.4, -0.2) is 30.4 Å². The summed E-state index contributed by atoms with van der Waals surface area (Å²) in [5.74, 6) is -0.822. The van der Waals surface area contributed by atoms with Gasteiger partial charge in [-0.15, -0.1) is 11.8 Å². The van der Waals surface area contributed by atoms with Gasteiger partial charge in [0.25, 0.3) is 0 Å². The summed E-state index contributed by atoms with van der Waals surface area (Å²) in [6, 6.07) is 5.81. The monoisotopic (exact) mass is 307 g/mol. The Morgan fingerprint density at radius 2 is 1.90 bits per heavy atom. The highest BCUT2D eigenvalue weighted by molar-refractivity contribution is 7.98. The first kappa shape index (κ1) is 16.2. The molecule has 1 fully saturated rings. The van der Waals surface area contributed by atoms with E-state index in [9.17, 15) is 9.90 Å². The van der Waals surface area contributed by atoms with Crippen molar-refractivity contribution < 1.29 is 9.90 Å². The summed E-state index contributed by atoms with van der Waals surface area (Å²) >= 11 is 1.50. The third kappa shape index (κ3) is 3.20. The van der Waals surface area contributed by atoms with Gasteiger partial charge in [-0.3, -0.25) is 0 Å². The van der Waals surface area contributed by atoms with Crippen LogP contribution >= 0.6 is 11.8 Å². The van der Waals surface area contributed by atoms with Crippen molar-refractivity contribution in [3.05, 3.63) is 23.8 Å². The van der Waals surface area contributed by atoms with Crippen molar-refractivity contribution in [1.82, 2.24) is 0 Å². The van der Waals surface area contributed by atoms with Gasteiger partial charge >= 0.3 is 5.97 Å². The highest BCUT2D eigenvalue weighted by atomic mass is 32.2. The van der Waals surface area contributed by atoms with Crippen molar-refractivity contribution in [2.75, 3.05) is 24.2 Å². The Morgan fingerprint density at radius 3 is 2.38 bits per heavy atom. The van der Waals surface area contributed by atoms with Crippen LogP contribution in [0.25, 0.3) is 0 Å². The number of anilines is 1. The zero-order valence-corrected chi connectivity index (χ0v) is 14.0. The number of carboxylic acid groups (broad SMARTS) is 1. The standard InChI is InChI=1S/C17H25NO2S/c1-4-17(5-2)9-11-18(12-10-17)13-7-6-8-14(21-3)15(13)16(19)20/h6-8H,4-5,9-12H2,1-3H3,(H,19,20). The lowest BCUT2D eigenvalue weighted by atomic mass is 9.74. The van der Waals surface area contributed by atoms with Crippen molar-refractivity contribution in [2.24, 2.45) is 5.41 Å². The molecule has 116 valence electrons. The highest BCUT2D eigenvalue weighted by Crippen LogP contribution is 2.40. The summed E-state index contributed by atoms with van der Waals surface area (Å²) in [5.41, 5.74) is 1.80. The molecule has 21 heavy (non-hydrogen) atoms. The molecular formula is C17H25NO2S. The molecule has 0 atom stereocenters. The summed E-state index contributed by atoms with van der Waals surface area (Å²) in [6.07, 6.45) is 6.67. The predicted molar refractivity (Wildman–Crippen MR) is 89.6 cm³/mol. The molecule has 1 aromatic carbocycles. The fourth-order valence-electron chi connectivity index (χ4n) is 3.35. The van der Waals surface area contributed by atoms with Gasteiger partial charge in [0.15, 0.2) is 0 Å².